The van der Waals surface area contributed by atoms with Crippen LogP contribution in [0.5, 0.6) is 5.88 Å². The lowest BCUT2D eigenvalue weighted by Crippen LogP contribution is -2.49. The van der Waals surface area contributed by atoms with Crippen LogP contribution in [0.3, 0.4) is 0 Å². The lowest BCUT2D eigenvalue weighted by molar-refractivity contribution is -0.0629. The maximum Gasteiger partial charge on any atom is 0.233 e. The van der Waals surface area contributed by atoms with Crippen molar-refractivity contribution in [2.45, 2.75) is 49.9 Å². The number of fused-ring (bicyclic) bond motifs is 2. The second-order valence-electron chi connectivity index (χ2n) is 6.94. The van der Waals surface area contributed by atoms with E-state index in [1.165, 1.54) is 5.56 Å². The van der Waals surface area contributed by atoms with Gasteiger partial charge in [-0.1, -0.05) is 30.3 Å². The third-order valence-electron chi connectivity index (χ3n) is 5.45. The van der Waals surface area contributed by atoms with Gasteiger partial charge in [0, 0.05) is 24.7 Å². The van der Waals surface area contributed by atoms with E-state index in [9.17, 15) is 5.11 Å². The van der Waals surface area contributed by atoms with E-state index in [2.05, 4.69) is 45.4 Å². The summed E-state index contributed by atoms with van der Waals surface area (Å²) >= 11 is 0. The third-order valence-corrected chi connectivity index (χ3v) is 5.45. The first-order valence-corrected chi connectivity index (χ1v) is 8.58. The van der Waals surface area contributed by atoms with Gasteiger partial charge in [0.2, 0.25) is 5.88 Å². The summed E-state index contributed by atoms with van der Waals surface area (Å²) in [6, 6.07) is 15.0. The molecule has 2 bridgehead atoms. The molecule has 126 valence electrons. The fraction of sp³-hybridized carbons (Fsp3) is 0.474. The fourth-order valence-corrected chi connectivity index (χ4v) is 4.25. The molecule has 2 fully saturated rings. The van der Waals surface area contributed by atoms with Crippen LogP contribution in [0.4, 0.5) is 0 Å². The number of methoxy groups -OCH3 is 1. The Labute approximate surface area is 142 Å². The summed E-state index contributed by atoms with van der Waals surface area (Å²) in [7, 11) is 1.57. The summed E-state index contributed by atoms with van der Waals surface area (Å²) in [6.07, 6.45) is 3.72. The van der Waals surface area contributed by atoms with Crippen molar-refractivity contribution in [3.63, 3.8) is 0 Å². The summed E-state index contributed by atoms with van der Waals surface area (Å²) < 4.78 is 5.06. The number of ether oxygens (including phenoxy) is 1. The van der Waals surface area contributed by atoms with Gasteiger partial charge < -0.3 is 9.84 Å². The van der Waals surface area contributed by atoms with Gasteiger partial charge in [-0.3, -0.25) is 4.90 Å². The van der Waals surface area contributed by atoms with Crippen molar-refractivity contribution >= 4 is 0 Å². The number of benzene rings is 1. The zero-order chi connectivity index (χ0) is 16.6. The van der Waals surface area contributed by atoms with Crippen LogP contribution in [0.25, 0.3) is 0 Å². The quantitative estimate of drug-likeness (QED) is 0.936. The maximum atomic E-state index is 11.2. The topological polar surface area (TPSA) is 58.5 Å². The molecule has 5 heteroatoms. The van der Waals surface area contributed by atoms with Crippen molar-refractivity contribution in [2.75, 3.05) is 7.11 Å². The third kappa shape index (κ3) is 2.78. The van der Waals surface area contributed by atoms with Gasteiger partial charge in [0.15, 0.2) is 0 Å². The van der Waals surface area contributed by atoms with Gasteiger partial charge in [0.1, 0.15) is 5.60 Å². The van der Waals surface area contributed by atoms with Gasteiger partial charge >= 0.3 is 0 Å². The van der Waals surface area contributed by atoms with Crippen molar-refractivity contribution in [3.8, 4) is 5.88 Å². The SMILES string of the molecule is COc1ccc(C2(O)CC3CCC(C2)N3Cc2ccccc2)nn1. The molecular weight excluding hydrogens is 302 g/mol. The van der Waals surface area contributed by atoms with E-state index in [4.69, 9.17) is 4.74 Å². The highest BCUT2D eigenvalue weighted by Gasteiger charge is 2.49. The van der Waals surface area contributed by atoms with Crippen LogP contribution in [0.1, 0.15) is 36.9 Å². The summed E-state index contributed by atoms with van der Waals surface area (Å²) in [6.45, 7) is 0.959. The Morgan fingerprint density at radius 3 is 2.38 bits per heavy atom. The van der Waals surface area contributed by atoms with Gasteiger partial charge in [-0.05, 0) is 37.3 Å². The molecule has 2 saturated heterocycles. The lowest BCUT2D eigenvalue weighted by atomic mass is 9.83. The number of hydrogen-bond acceptors (Lipinski definition) is 5. The van der Waals surface area contributed by atoms with Crippen LogP contribution in [0, 0.1) is 0 Å². The van der Waals surface area contributed by atoms with E-state index in [0.29, 0.717) is 23.7 Å². The highest BCUT2D eigenvalue weighted by molar-refractivity contribution is 5.21. The summed E-state index contributed by atoms with van der Waals surface area (Å²) in [5.41, 5.74) is 1.13. The fourth-order valence-electron chi connectivity index (χ4n) is 4.25. The van der Waals surface area contributed by atoms with Gasteiger partial charge in [-0.25, -0.2) is 0 Å². The summed E-state index contributed by atoms with van der Waals surface area (Å²) in [4.78, 5) is 2.56. The molecule has 3 heterocycles. The minimum absolute atomic E-state index is 0.401. The molecule has 0 saturated carbocycles. The molecule has 4 rings (SSSR count). The Balaban J connectivity index is 1.52. The van der Waals surface area contributed by atoms with Crippen LogP contribution in [-0.4, -0.2) is 39.4 Å². The molecule has 2 atom stereocenters. The molecule has 2 aliphatic heterocycles. The predicted octanol–water partition coefficient (Wildman–Crippen LogP) is 2.50. The standard InChI is InChI=1S/C19H23N3O2/c1-24-18-10-9-17(20-21-18)19(23)11-15-7-8-16(12-19)22(15)13-14-5-3-2-4-6-14/h2-6,9-10,15-16,23H,7-8,11-13H2,1H3. The van der Waals surface area contributed by atoms with Crippen LogP contribution in [0.15, 0.2) is 42.5 Å². The number of aliphatic hydroxyl groups is 1. The number of aromatic nitrogens is 2. The molecule has 1 aromatic carbocycles. The van der Waals surface area contributed by atoms with E-state index < -0.39 is 5.60 Å². The number of rotatable bonds is 4. The smallest absolute Gasteiger partial charge is 0.233 e. The zero-order valence-corrected chi connectivity index (χ0v) is 13.9. The molecule has 1 aromatic heterocycles. The van der Waals surface area contributed by atoms with Crippen molar-refractivity contribution < 1.29 is 9.84 Å². The molecule has 0 amide bonds. The minimum atomic E-state index is -0.877. The normalized spacial score (nSPS) is 29.6. The first-order chi connectivity index (χ1) is 11.7. The van der Waals surface area contributed by atoms with Gasteiger partial charge in [0.05, 0.1) is 12.8 Å². The molecule has 24 heavy (non-hydrogen) atoms. The average Bonchev–Trinajstić information content (AvgIpc) is 2.86. The summed E-state index contributed by atoms with van der Waals surface area (Å²) in [5, 5.41) is 19.4. The molecule has 2 aromatic rings. The van der Waals surface area contributed by atoms with Crippen LogP contribution >= 0.6 is 0 Å². The number of piperidine rings is 1. The van der Waals surface area contributed by atoms with E-state index in [-0.39, 0.29) is 0 Å². The highest BCUT2D eigenvalue weighted by atomic mass is 16.5. The van der Waals surface area contributed by atoms with E-state index in [0.717, 1.165) is 32.2 Å². The largest absolute Gasteiger partial charge is 0.480 e. The highest BCUT2D eigenvalue weighted by Crippen LogP contribution is 2.45. The van der Waals surface area contributed by atoms with Gasteiger partial charge in [-0.15, -0.1) is 10.2 Å². The Kier molecular flexibility index (Phi) is 3.98. The molecule has 1 N–H and O–H groups in total. The Hall–Kier alpha value is -1.98. The zero-order valence-electron chi connectivity index (χ0n) is 13.9. The van der Waals surface area contributed by atoms with Crippen molar-refractivity contribution in [1.82, 2.24) is 15.1 Å². The van der Waals surface area contributed by atoms with Gasteiger partial charge in [-0.2, -0.15) is 0 Å². The average molecular weight is 325 g/mol. The van der Waals surface area contributed by atoms with Crippen molar-refractivity contribution in [1.29, 1.82) is 0 Å². The first-order valence-electron chi connectivity index (χ1n) is 8.58. The van der Waals surface area contributed by atoms with Crippen LogP contribution in [0.2, 0.25) is 0 Å². The molecular formula is C19H23N3O2. The number of hydrogen-bond donors (Lipinski definition) is 1. The van der Waals surface area contributed by atoms with Crippen molar-refractivity contribution in [3.05, 3.63) is 53.7 Å². The Morgan fingerprint density at radius 1 is 1.08 bits per heavy atom. The monoisotopic (exact) mass is 325 g/mol. The molecule has 0 spiro atoms. The van der Waals surface area contributed by atoms with Crippen molar-refractivity contribution in [2.24, 2.45) is 0 Å². The summed E-state index contributed by atoms with van der Waals surface area (Å²) in [5.74, 6) is 0.479. The van der Waals surface area contributed by atoms with Crippen LogP contribution < -0.4 is 4.74 Å². The predicted molar refractivity (Wildman–Crippen MR) is 90.5 cm³/mol. The maximum absolute atomic E-state index is 11.2. The number of nitrogens with zero attached hydrogens (tertiary/aromatic N) is 3. The first kappa shape index (κ1) is 15.5. The molecule has 0 aliphatic carbocycles. The molecule has 2 aliphatic rings. The lowest BCUT2D eigenvalue weighted by Gasteiger charge is -2.43. The van der Waals surface area contributed by atoms with Gasteiger partial charge in [0.25, 0.3) is 0 Å². The second kappa shape index (κ2) is 6.15. The van der Waals surface area contributed by atoms with E-state index in [1.807, 2.05) is 6.07 Å². The van der Waals surface area contributed by atoms with Crippen LogP contribution in [-0.2, 0) is 12.1 Å². The van der Waals surface area contributed by atoms with E-state index >= 15 is 0 Å². The molecule has 2 unspecified atom stereocenters. The molecule has 5 nitrogen and oxygen atoms in total. The second-order valence-corrected chi connectivity index (χ2v) is 6.94. The van der Waals surface area contributed by atoms with E-state index in [1.54, 1.807) is 13.2 Å². The Morgan fingerprint density at radius 2 is 1.79 bits per heavy atom. The Bertz CT molecular complexity index is 676. The minimum Gasteiger partial charge on any atom is -0.480 e. The molecule has 0 radical (unpaired) electrons.